The topological polar surface area (TPSA) is 61.8 Å². The number of benzene rings is 2. The van der Waals surface area contributed by atoms with Gasteiger partial charge in [0.1, 0.15) is 11.6 Å². The molecule has 0 saturated heterocycles. The van der Waals surface area contributed by atoms with E-state index in [0.29, 0.717) is 17.1 Å². The first-order chi connectivity index (χ1) is 11.9. The average molecular weight is 350 g/mol. The normalized spacial score (nSPS) is 10.2. The summed E-state index contributed by atoms with van der Waals surface area (Å²) >= 11 is 0. The molecule has 132 valence electrons. The maximum absolute atomic E-state index is 13.5. The highest BCUT2D eigenvalue weighted by molar-refractivity contribution is 5.98. The molecule has 2 aromatic rings. The van der Waals surface area contributed by atoms with Gasteiger partial charge in [0.05, 0.1) is 26.2 Å². The summed E-state index contributed by atoms with van der Waals surface area (Å²) in [7, 11) is 2.95. The number of ether oxygens (including phenoxy) is 3. The summed E-state index contributed by atoms with van der Waals surface area (Å²) in [6, 6.07) is 7.39. The van der Waals surface area contributed by atoms with Crippen LogP contribution in [0.15, 0.2) is 36.4 Å². The van der Waals surface area contributed by atoms with Gasteiger partial charge in [-0.25, -0.2) is 8.78 Å². The van der Waals surface area contributed by atoms with Crippen LogP contribution in [0.5, 0.6) is 11.5 Å². The third kappa shape index (κ3) is 4.76. The van der Waals surface area contributed by atoms with Gasteiger partial charge in [-0.05, 0) is 35.9 Å². The number of methoxy groups -OCH3 is 2. The molecule has 0 amide bonds. The number of ketones is 1. The lowest BCUT2D eigenvalue weighted by atomic mass is 10.1. The van der Waals surface area contributed by atoms with E-state index < -0.39 is 35.6 Å². The van der Waals surface area contributed by atoms with Crippen LogP contribution in [0.3, 0.4) is 0 Å². The molecule has 2 rings (SSSR count). The van der Waals surface area contributed by atoms with Crippen LogP contribution in [-0.4, -0.2) is 32.6 Å². The molecule has 0 atom stereocenters. The van der Waals surface area contributed by atoms with Gasteiger partial charge in [-0.1, -0.05) is 6.07 Å². The first-order valence-corrected chi connectivity index (χ1v) is 7.29. The first kappa shape index (κ1) is 18.4. The summed E-state index contributed by atoms with van der Waals surface area (Å²) in [5.74, 6) is -2.17. The molecule has 0 aliphatic carbocycles. The molecule has 0 aromatic heterocycles. The zero-order chi connectivity index (χ0) is 18.4. The molecule has 7 heteroatoms. The van der Waals surface area contributed by atoms with Crippen LogP contribution in [0.2, 0.25) is 0 Å². The number of hydrogen-bond acceptors (Lipinski definition) is 5. The predicted octanol–water partition coefficient (Wildman–Crippen LogP) is 2.95. The van der Waals surface area contributed by atoms with Gasteiger partial charge in [0, 0.05) is 0 Å². The molecule has 0 aliphatic heterocycles. The van der Waals surface area contributed by atoms with Crippen molar-refractivity contribution in [2.45, 2.75) is 6.42 Å². The number of carbonyl (C=O) groups excluding carboxylic acids is 2. The van der Waals surface area contributed by atoms with E-state index in [4.69, 9.17) is 14.2 Å². The Kier molecular flexibility index (Phi) is 6.05. The van der Waals surface area contributed by atoms with Crippen LogP contribution in [0.25, 0.3) is 0 Å². The molecule has 0 saturated carbocycles. The van der Waals surface area contributed by atoms with E-state index in [0.717, 1.165) is 18.2 Å². The Morgan fingerprint density at radius 1 is 0.960 bits per heavy atom. The predicted molar refractivity (Wildman–Crippen MR) is 84.9 cm³/mol. The van der Waals surface area contributed by atoms with Gasteiger partial charge in [0.25, 0.3) is 0 Å². The zero-order valence-corrected chi connectivity index (χ0v) is 13.7. The summed E-state index contributed by atoms with van der Waals surface area (Å²) in [5, 5.41) is 0. The molecule has 0 bridgehead atoms. The molecular weight excluding hydrogens is 334 g/mol. The number of esters is 1. The van der Waals surface area contributed by atoms with Crippen molar-refractivity contribution in [3.8, 4) is 11.5 Å². The Morgan fingerprint density at radius 2 is 1.68 bits per heavy atom. The van der Waals surface area contributed by atoms with Crippen molar-refractivity contribution in [2.75, 3.05) is 20.8 Å². The van der Waals surface area contributed by atoms with Crippen molar-refractivity contribution >= 4 is 11.8 Å². The van der Waals surface area contributed by atoms with E-state index in [2.05, 4.69) is 0 Å². The highest BCUT2D eigenvalue weighted by Gasteiger charge is 2.16. The van der Waals surface area contributed by atoms with E-state index in [9.17, 15) is 18.4 Å². The lowest BCUT2D eigenvalue weighted by Gasteiger charge is -2.09. The number of carbonyl (C=O) groups is 2. The minimum Gasteiger partial charge on any atom is -0.493 e. The van der Waals surface area contributed by atoms with Crippen LogP contribution in [0.4, 0.5) is 8.78 Å². The monoisotopic (exact) mass is 350 g/mol. The lowest BCUT2D eigenvalue weighted by Crippen LogP contribution is -2.17. The summed E-state index contributed by atoms with van der Waals surface area (Å²) in [4.78, 5) is 23.7. The highest BCUT2D eigenvalue weighted by atomic mass is 19.1. The van der Waals surface area contributed by atoms with E-state index in [-0.39, 0.29) is 6.42 Å². The molecule has 0 heterocycles. The molecule has 0 radical (unpaired) electrons. The second-order valence-electron chi connectivity index (χ2n) is 5.07. The van der Waals surface area contributed by atoms with Gasteiger partial charge < -0.3 is 14.2 Å². The van der Waals surface area contributed by atoms with Crippen LogP contribution >= 0.6 is 0 Å². The van der Waals surface area contributed by atoms with Crippen molar-refractivity contribution < 1.29 is 32.6 Å². The Hall–Kier alpha value is -2.96. The van der Waals surface area contributed by atoms with E-state index in [1.807, 2.05) is 0 Å². The molecule has 0 spiro atoms. The third-order valence-corrected chi connectivity index (χ3v) is 3.39. The minimum atomic E-state index is -0.873. The van der Waals surface area contributed by atoms with Crippen LogP contribution < -0.4 is 9.47 Å². The Bertz CT molecular complexity index is 789. The molecule has 2 aromatic carbocycles. The van der Waals surface area contributed by atoms with E-state index in [1.165, 1.54) is 14.2 Å². The van der Waals surface area contributed by atoms with Crippen molar-refractivity contribution in [1.29, 1.82) is 0 Å². The average Bonchev–Trinajstić information content (AvgIpc) is 2.61. The maximum Gasteiger partial charge on any atom is 0.310 e. The van der Waals surface area contributed by atoms with Crippen LogP contribution in [0, 0.1) is 11.6 Å². The van der Waals surface area contributed by atoms with Crippen molar-refractivity contribution in [1.82, 2.24) is 0 Å². The van der Waals surface area contributed by atoms with E-state index >= 15 is 0 Å². The summed E-state index contributed by atoms with van der Waals surface area (Å²) in [6.07, 6.45) is -0.112. The molecule has 0 aliphatic rings. The molecular formula is C18H16F2O5. The number of rotatable bonds is 7. The quantitative estimate of drug-likeness (QED) is 0.568. The number of halogens is 2. The molecule has 0 N–H and O–H groups in total. The minimum absolute atomic E-state index is 0.112. The summed E-state index contributed by atoms with van der Waals surface area (Å²) in [6.45, 7) is -0.674. The fraction of sp³-hybridized carbons (Fsp3) is 0.222. The van der Waals surface area contributed by atoms with Crippen molar-refractivity contribution in [3.63, 3.8) is 0 Å². The highest BCUT2D eigenvalue weighted by Crippen LogP contribution is 2.27. The van der Waals surface area contributed by atoms with Crippen LogP contribution in [-0.2, 0) is 16.0 Å². The lowest BCUT2D eigenvalue weighted by molar-refractivity contribution is -0.141. The summed E-state index contributed by atoms with van der Waals surface area (Å²) < 4.78 is 41.6. The number of Topliss-reactive ketones (excluding diaryl/α,β-unsaturated/α-hetero) is 1. The SMILES string of the molecule is COc1ccc(CC(=O)OCC(=O)c2cc(F)ccc2F)cc1OC. The summed E-state index contributed by atoms with van der Waals surface area (Å²) in [5.41, 5.74) is 0.131. The van der Waals surface area contributed by atoms with Gasteiger partial charge in [0.15, 0.2) is 18.1 Å². The van der Waals surface area contributed by atoms with Gasteiger partial charge in [-0.2, -0.15) is 0 Å². The molecule has 25 heavy (non-hydrogen) atoms. The van der Waals surface area contributed by atoms with Crippen molar-refractivity contribution in [3.05, 3.63) is 59.2 Å². The van der Waals surface area contributed by atoms with E-state index in [1.54, 1.807) is 18.2 Å². The second kappa shape index (κ2) is 8.23. The van der Waals surface area contributed by atoms with Gasteiger partial charge in [0.2, 0.25) is 5.78 Å². The van der Waals surface area contributed by atoms with Gasteiger partial charge in [-0.15, -0.1) is 0 Å². The van der Waals surface area contributed by atoms with Gasteiger partial charge in [-0.3, -0.25) is 9.59 Å². The molecule has 0 unspecified atom stereocenters. The Labute approximate surface area is 143 Å². The second-order valence-corrected chi connectivity index (χ2v) is 5.07. The van der Waals surface area contributed by atoms with Gasteiger partial charge >= 0.3 is 5.97 Å². The van der Waals surface area contributed by atoms with Crippen LogP contribution in [0.1, 0.15) is 15.9 Å². The maximum atomic E-state index is 13.5. The first-order valence-electron chi connectivity index (χ1n) is 7.29. The molecule has 0 fully saturated rings. The largest absolute Gasteiger partial charge is 0.493 e. The smallest absolute Gasteiger partial charge is 0.310 e. The zero-order valence-electron chi connectivity index (χ0n) is 13.7. The fourth-order valence-electron chi connectivity index (χ4n) is 2.14. The molecule has 5 nitrogen and oxygen atoms in total. The van der Waals surface area contributed by atoms with Crippen molar-refractivity contribution in [2.24, 2.45) is 0 Å². The Balaban J connectivity index is 1.96. The third-order valence-electron chi connectivity index (χ3n) is 3.39. The number of hydrogen-bond donors (Lipinski definition) is 0. The Morgan fingerprint density at radius 3 is 2.36 bits per heavy atom. The standard InChI is InChI=1S/C18H16F2O5/c1-23-16-6-3-11(7-17(16)24-2)8-18(22)25-10-15(21)13-9-12(19)4-5-14(13)20/h3-7,9H,8,10H2,1-2H3. The fourth-order valence-corrected chi connectivity index (χ4v) is 2.14.